The van der Waals surface area contributed by atoms with Gasteiger partial charge in [0, 0.05) is 23.9 Å². The third-order valence-corrected chi connectivity index (χ3v) is 3.64. The molecule has 2 aromatic carbocycles. The van der Waals surface area contributed by atoms with E-state index < -0.39 is 0 Å². The molecule has 0 spiro atoms. The zero-order chi connectivity index (χ0) is 14.7. The molecule has 0 aliphatic carbocycles. The summed E-state index contributed by atoms with van der Waals surface area (Å²) in [6, 6.07) is 19.9. The molecule has 1 aromatic heterocycles. The molecule has 1 amide bonds. The van der Waals surface area contributed by atoms with Gasteiger partial charge in [0.15, 0.2) is 0 Å². The number of nitrogens with one attached hydrogen (secondary N) is 1. The number of hydrogen-bond acceptors (Lipinski definition) is 1. The molecule has 0 fully saturated rings. The van der Waals surface area contributed by atoms with Crippen molar-refractivity contribution >= 4 is 22.5 Å². The van der Waals surface area contributed by atoms with Crippen LogP contribution < -0.4 is 5.32 Å². The van der Waals surface area contributed by atoms with Gasteiger partial charge in [-0.1, -0.05) is 43.3 Å². The Morgan fingerprint density at radius 1 is 1.05 bits per heavy atom. The molecule has 0 saturated carbocycles. The maximum absolute atomic E-state index is 12.3. The Hall–Kier alpha value is -2.55. The number of carbonyl (C=O) groups is 1. The first-order valence-electron chi connectivity index (χ1n) is 7.14. The summed E-state index contributed by atoms with van der Waals surface area (Å²) in [5, 5.41) is 4.15. The quantitative estimate of drug-likeness (QED) is 0.771. The van der Waals surface area contributed by atoms with Crippen LogP contribution in [0.3, 0.4) is 0 Å². The third-order valence-electron chi connectivity index (χ3n) is 3.64. The van der Waals surface area contributed by atoms with Gasteiger partial charge in [0.1, 0.15) is 0 Å². The first kappa shape index (κ1) is 13.4. The molecule has 0 radical (unpaired) electrons. The van der Waals surface area contributed by atoms with Crippen molar-refractivity contribution < 1.29 is 4.79 Å². The topological polar surface area (TPSA) is 34.0 Å². The Kier molecular flexibility index (Phi) is 3.73. The molecule has 1 N–H and O–H groups in total. The van der Waals surface area contributed by atoms with Crippen LogP contribution in [0.15, 0.2) is 66.9 Å². The highest BCUT2D eigenvalue weighted by molar-refractivity contribution is 5.92. The zero-order valence-electron chi connectivity index (χ0n) is 12.0. The van der Waals surface area contributed by atoms with Gasteiger partial charge >= 0.3 is 0 Å². The maximum Gasteiger partial charge on any atom is 0.229 e. The predicted molar refractivity (Wildman–Crippen MR) is 86.2 cm³/mol. The highest BCUT2D eigenvalue weighted by Gasteiger charge is 2.14. The average Bonchev–Trinajstić information content (AvgIpc) is 2.91. The SMILES string of the molecule is C[C@H](Cn1ccc2ccccc21)C(=O)Nc1ccccc1. The molecule has 1 atom stereocenters. The van der Waals surface area contributed by atoms with E-state index in [1.54, 1.807) is 0 Å². The summed E-state index contributed by atoms with van der Waals surface area (Å²) in [7, 11) is 0. The molecule has 3 heteroatoms. The number of carbonyl (C=O) groups excluding carboxylic acids is 1. The molecule has 0 saturated heterocycles. The number of rotatable bonds is 4. The van der Waals surface area contributed by atoms with Gasteiger partial charge in [-0.15, -0.1) is 0 Å². The van der Waals surface area contributed by atoms with Crippen molar-refractivity contribution in [3.63, 3.8) is 0 Å². The molecule has 0 aliphatic rings. The van der Waals surface area contributed by atoms with Gasteiger partial charge in [-0.2, -0.15) is 0 Å². The molecule has 21 heavy (non-hydrogen) atoms. The van der Waals surface area contributed by atoms with Crippen LogP contribution in [-0.2, 0) is 11.3 Å². The smallest absolute Gasteiger partial charge is 0.229 e. The first-order chi connectivity index (χ1) is 10.2. The van der Waals surface area contributed by atoms with Crippen LogP contribution in [0.1, 0.15) is 6.92 Å². The summed E-state index contributed by atoms with van der Waals surface area (Å²) in [6.07, 6.45) is 2.04. The van der Waals surface area contributed by atoms with E-state index in [4.69, 9.17) is 0 Å². The second kappa shape index (κ2) is 5.83. The summed E-state index contributed by atoms with van der Waals surface area (Å²) < 4.78 is 2.13. The van der Waals surface area contributed by atoms with Crippen molar-refractivity contribution in [1.29, 1.82) is 0 Å². The highest BCUT2D eigenvalue weighted by atomic mass is 16.1. The molecular formula is C18H18N2O. The predicted octanol–water partition coefficient (Wildman–Crippen LogP) is 3.92. The number of fused-ring (bicyclic) bond motifs is 1. The average molecular weight is 278 g/mol. The Balaban J connectivity index is 1.71. The Morgan fingerprint density at radius 3 is 2.57 bits per heavy atom. The van der Waals surface area contributed by atoms with E-state index in [-0.39, 0.29) is 11.8 Å². The minimum absolute atomic E-state index is 0.0407. The number of anilines is 1. The molecule has 3 aromatic rings. The van der Waals surface area contributed by atoms with Gasteiger partial charge in [-0.25, -0.2) is 0 Å². The molecule has 0 unspecified atom stereocenters. The molecule has 1 heterocycles. The van der Waals surface area contributed by atoms with E-state index in [0.717, 1.165) is 11.2 Å². The summed E-state index contributed by atoms with van der Waals surface area (Å²) in [5.41, 5.74) is 2.00. The minimum Gasteiger partial charge on any atom is -0.347 e. The monoisotopic (exact) mass is 278 g/mol. The fraction of sp³-hybridized carbons (Fsp3) is 0.167. The van der Waals surface area contributed by atoms with Gasteiger partial charge in [-0.05, 0) is 29.7 Å². The van der Waals surface area contributed by atoms with Crippen LogP contribution in [-0.4, -0.2) is 10.5 Å². The zero-order valence-corrected chi connectivity index (χ0v) is 12.0. The lowest BCUT2D eigenvalue weighted by Crippen LogP contribution is -2.24. The second-order valence-corrected chi connectivity index (χ2v) is 5.28. The van der Waals surface area contributed by atoms with Gasteiger partial charge in [0.2, 0.25) is 5.91 Å². The minimum atomic E-state index is -0.0963. The lowest BCUT2D eigenvalue weighted by Gasteiger charge is -2.14. The number of hydrogen-bond donors (Lipinski definition) is 1. The summed E-state index contributed by atoms with van der Waals surface area (Å²) in [4.78, 5) is 12.3. The number of amides is 1. The van der Waals surface area contributed by atoms with Crippen molar-refractivity contribution in [1.82, 2.24) is 4.57 Å². The lowest BCUT2D eigenvalue weighted by atomic mass is 10.1. The maximum atomic E-state index is 12.3. The second-order valence-electron chi connectivity index (χ2n) is 5.28. The standard InChI is InChI=1S/C18H18N2O/c1-14(18(21)19-16-8-3-2-4-9-16)13-20-12-11-15-7-5-6-10-17(15)20/h2-12,14H,13H2,1H3,(H,19,21)/t14-/m1/s1. The van der Waals surface area contributed by atoms with Crippen LogP contribution in [0.2, 0.25) is 0 Å². The lowest BCUT2D eigenvalue weighted by molar-refractivity contribution is -0.119. The van der Waals surface area contributed by atoms with Crippen molar-refractivity contribution in [2.24, 2.45) is 5.92 Å². The molecule has 0 aliphatic heterocycles. The Morgan fingerprint density at radius 2 is 1.76 bits per heavy atom. The van der Waals surface area contributed by atoms with Crippen molar-refractivity contribution in [3.8, 4) is 0 Å². The van der Waals surface area contributed by atoms with Crippen LogP contribution >= 0.6 is 0 Å². The third kappa shape index (κ3) is 2.97. The van der Waals surface area contributed by atoms with E-state index in [2.05, 4.69) is 28.1 Å². The van der Waals surface area contributed by atoms with Crippen molar-refractivity contribution in [2.45, 2.75) is 13.5 Å². The Labute approximate surface area is 124 Å². The molecular weight excluding hydrogens is 260 g/mol. The Bertz CT molecular complexity index is 746. The van der Waals surface area contributed by atoms with Gasteiger partial charge in [-0.3, -0.25) is 4.79 Å². The van der Waals surface area contributed by atoms with E-state index in [1.807, 2.05) is 55.6 Å². The molecule has 0 bridgehead atoms. The van der Waals surface area contributed by atoms with Crippen molar-refractivity contribution in [3.05, 3.63) is 66.9 Å². The van der Waals surface area contributed by atoms with Crippen molar-refractivity contribution in [2.75, 3.05) is 5.32 Å². The fourth-order valence-electron chi connectivity index (χ4n) is 2.46. The molecule has 3 nitrogen and oxygen atoms in total. The number of para-hydroxylation sites is 2. The van der Waals surface area contributed by atoms with E-state index in [0.29, 0.717) is 6.54 Å². The number of benzene rings is 2. The first-order valence-corrected chi connectivity index (χ1v) is 7.14. The van der Waals surface area contributed by atoms with E-state index >= 15 is 0 Å². The van der Waals surface area contributed by atoms with E-state index in [1.165, 1.54) is 5.39 Å². The summed E-state index contributed by atoms with van der Waals surface area (Å²) >= 11 is 0. The van der Waals surface area contributed by atoms with Crippen LogP contribution in [0, 0.1) is 5.92 Å². The fourth-order valence-corrected chi connectivity index (χ4v) is 2.46. The molecule has 3 rings (SSSR count). The normalized spacial score (nSPS) is 12.2. The van der Waals surface area contributed by atoms with E-state index in [9.17, 15) is 4.79 Å². The van der Waals surface area contributed by atoms with Gasteiger partial charge in [0.25, 0.3) is 0 Å². The van der Waals surface area contributed by atoms with Crippen LogP contribution in [0.4, 0.5) is 5.69 Å². The largest absolute Gasteiger partial charge is 0.347 e. The highest BCUT2D eigenvalue weighted by Crippen LogP contribution is 2.17. The van der Waals surface area contributed by atoms with Crippen LogP contribution in [0.25, 0.3) is 10.9 Å². The summed E-state index contributed by atoms with van der Waals surface area (Å²) in [6.45, 7) is 2.62. The number of aromatic nitrogens is 1. The summed E-state index contributed by atoms with van der Waals surface area (Å²) in [5.74, 6) is -0.0556. The molecule has 106 valence electrons. The number of nitrogens with zero attached hydrogens (tertiary/aromatic N) is 1. The van der Waals surface area contributed by atoms with Gasteiger partial charge < -0.3 is 9.88 Å². The van der Waals surface area contributed by atoms with Gasteiger partial charge in [0.05, 0.1) is 5.92 Å². The van der Waals surface area contributed by atoms with Crippen LogP contribution in [0.5, 0.6) is 0 Å².